The van der Waals surface area contributed by atoms with Gasteiger partial charge in [-0.2, -0.15) is 0 Å². The average molecular weight is 265 g/mol. The van der Waals surface area contributed by atoms with E-state index >= 15 is 0 Å². The molecular formula is C11H21ClN2O3. The lowest BCUT2D eigenvalue weighted by molar-refractivity contribution is -0.145. The number of ether oxygens (including phenoxy) is 1. The van der Waals surface area contributed by atoms with Gasteiger partial charge in [-0.05, 0) is 19.8 Å². The molecule has 0 aliphatic carbocycles. The van der Waals surface area contributed by atoms with E-state index in [1.165, 1.54) is 0 Å². The fraction of sp³-hybridized carbons (Fsp3) is 0.636. The fourth-order valence-corrected chi connectivity index (χ4v) is 1.37. The molecule has 0 aromatic heterocycles. The summed E-state index contributed by atoms with van der Waals surface area (Å²) in [7, 11) is 1.55. The van der Waals surface area contributed by atoms with Crippen LogP contribution in [0.4, 0.5) is 0 Å². The molecule has 0 saturated carbocycles. The van der Waals surface area contributed by atoms with E-state index in [4.69, 9.17) is 10.5 Å². The Balaban J connectivity index is 0. The summed E-state index contributed by atoms with van der Waals surface area (Å²) in [5.74, 6) is -0.943. The first-order valence-corrected chi connectivity index (χ1v) is 5.31. The third-order valence-electron chi connectivity index (χ3n) is 2.20. The lowest BCUT2D eigenvalue weighted by atomic mass is 9.96. The van der Waals surface area contributed by atoms with Gasteiger partial charge in [0.05, 0.1) is 6.61 Å². The summed E-state index contributed by atoms with van der Waals surface area (Å²) in [5, 5.41) is 2.53. The molecule has 0 heterocycles. The maximum Gasteiger partial charge on any atom is 0.322 e. The SMILES string of the molecule is C=CCC(C[C@H](N)C(=O)OCC)C(=O)NC.Cl. The number of carbonyl (C=O) groups excluding carboxylic acids is 2. The molecule has 5 nitrogen and oxygen atoms in total. The molecule has 2 atom stereocenters. The number of rotatable bonds is 7. The van der Waals surface area contributed by atoms with Crippen LogP contribution in [0.1, 0.15) is 19.8 Å². The van der Waals surface area contributed by atoms with Crippen molar-refractivity contribution in [2.24, 2.45) is 11.7 Å². The molecule has 0 aromatic carbocycles. The van der Waals surface area contributed by atoms with Crippen molar-refractivity contribution < 1.29 is 14.3 Å². The zero-order valence-corrected chi connectivity index (χ0v) is 11.1. The Hall–Kier alpha value is -1.07. The monoisotopic (exact) mass is 264 g/mol. The predicted molar refractivity (Wildman–Crippen MR) is 68.8 cm³/mol. The van der Waals surface area contributed by atoms with Gasteiger partial charge >= 0.3 is 5.97 Å². The normalized spacial score (nSPS) is 12.9. The third kappa shape index (κ3) is 6.97. The molecule has 0 aliphatic rings. The molecule has 0 fully saturated rings. The fourth-order valence-electron chi connectivity index (χ4n) is 1.37. The van der Waals surface area contributed by atoms with Crippen molar-refractivity contribution in [2.45, 2.75) is 25.8 Å². The average Bonchev–Trinajstić information content (AvgIpc) is 2.27. The highest BCUT2D eigenvalue weighted by Gasteiger charge is 2.23. The summed E-state index contributed by atoms with van der Waals surface area (Å²) in [6, 6.07) is -0.762. The number of hydrogen-bond acceptors (Lipinski definition) is 4. The second kappa shape index (κ2) is 10.1. The number of carbonyl (C=O) groups is 2. The van der Waals surface area contributed by atoms with Crippen LogP contribution in [0.2, 0.25) is 0 Å². The molecule has 3 N–H and O–H groups in total. The number of nitrogens with two attached hydrogens (primary N) is 1. The molecule has 100 valence electrons. The Morgan fingerprint density at radius 1 is 1.53 bits per heavy atom. The Morgan fingerprint density at radius 2 is 2.12 bits per heavy atom. The highest BCUT2D eigenvalue weighted by molar-refractivity contribution is 5.85. The summed E-state index contributed by atoms with van der Waals surface area (Å²) in [4.78, 5) is 22.7. The molecule has 0 aromatic rings. The van der Waals surface area contributed by atoms with Crippen molar-refractivity contribution in [3.05, 3.63) is 12.7 Å². The molecular weight excluding hydrogens is 244 g/mol. The summed E-state index contributed by atoms with van der Waals surface area (Å²) in [5.41, 5.74) is 5.64. The van der Waals surface area contributed by atoms with Crippen LogP contribution in [0.3, 0.4) is 0 Å². The first kappa shape index (κ1) is 18.3. The van der Waals surface area contributed by atoms with Crippen molar-refractivity contribution in [1.29, 1.82) is 0 Å². The highest BCUT2D eigenvalue weighted by atomic mass is 35.5. The van der Waals surface area contributed by atoms with Gasteiger partial charge in [0.25, 0.3) is 0 Å². The zero-order valence-electron chi connectivity index (χ0n) is 10.3. The summed E-state index contributed by atoms with van der Waals surface area (Å²) >= 11 is 0. The van der Waals surface area contributed by atoms with Crippen LogP contribution in [0.25, 0.3) is 0 Å². The van der Waals surface area contributed by atoms with E-state index in [1.54, 1.807) is 20.0 Å². The molecule has 1 unspecified atom stereocenters. The van der Waals surface area contributed by atoms with Crippen LogP contribution in [0.5, 0.6) is 0 Å². The van der Waals surface area contributed by atoms with E-state index in [1.807, 2.05) is 0 Å². The van der Waals surface area contributed by atoms with Crippen LogP contribution in [-0.4, -0.2) is 31.6 Å². The van der Waals surface area contributed by atoms with Gasteiger partial charge in [-0.15, -0.1) is 19.0 Å². The first-order chi connectivity index (χ1) is 7.56. The van der Waals surface area contributed by atoms with Gasteiger partial charge in [-0.3, -0.25) is 9.59 Å². The van der Waals surface area contributed by atoms with Gasteiger partial charge < -0.3 is 15.8 Å². The Kier molecular flexibility index (Phi) is 10.9. The molecule has 0 spiro atoms. The van der Waals surface area contributed by atoms with Gasteiger partial charge in [-0.1, -0.05) is 6.08 Å². The minimum Gasteiger partial charge on any atom is -0.465 e. The molecule has 17 heavy (non-hydrogen) atoms. The number of halogens is 1. The highest BCUT2D eigenvalue weighted by Crippen LogP contribution is 2.12. The van der Waals surface area contributed by atoms with Gasteiger partial charge in [0, 0.05) is 13.0 Å². The maximum absolute atomic E-state index is 11.5. The third-order valence-corrected chi connectivity index (χ3v) is 2.20. The van der Waals surface area contributed by atoms with Crippen molar-refractivity contribution in [1.82, 2.24) is 5.32 Å². The van der Waals surface area contributed by atoms with Crippen LogP contribution in [0.15, 0.2) is 12.7 Å². The Bertz CT molecular complexity index is 259. The van der Waals surface area contributed by atoms with Gasteiger partial charge in [0.15, 0.2) is 0 Å². The predicted octanol–water partition coefficient (Wildman–Crippen LogP) is 0.627. The van der Waals surface area contributed by atoms with Gasteiger partial charge in [-0.25, -0.2) is 0 Å². The molecule has 0 saturated heterocycles. The topological polar surface area (TPSA) is 81.4 Å². The van der Waals surface area contributed by atoms with Crippen LogP contribution in [-0.2, 0) is 14.3 Å². The van der Waals surface area contributed by atoms with Crippen molar-refractivity contribution >= 4 is 24.3 Å². The van der Waals surface area contributed by atoms with E-state index in [2.05, 4.69) is 11.9 Å². The van der Waals surface area contributed by atoms with Crippen molar-refractivity contribution in [2.75, 3.05) is 13.7 Å². The largest absolute Gasteiger partial charge is 0.465 e. The quantitative estimate of drug-likeness (QED) is 0.522. The second-order valence-electron chi connectivity index (χ2n) is 3.43. The zero-order chi connectivity index (χ0) is 12.6. The van der Waals surface area contributed by atoms with E-state index < -0.39 is 12.0 Å². The number of hydrogen-bond donors (Lipinski definition) is 2. The van der Waals surface area contributed by atoms with Crippen LogP contribution < -0.4 is 11.1 Å². The van der Waals surface area contributed by atoms with Gasteiger partial charge in [0.2, 0.25) is 5.91 Å². The molecule has 0 rings (SSSR count). The Morgan fingerprint density at radius 3 is 2.53 bits per heavy atom. The lowest BCUT2D eigenvalue weighted by Gasteiger charge is -2.17. The molecule has 0 radical (unpaired) electrons. The number of esters is 1. The number of allylic oxidation sites excluding steroid dienone is 1. The molecule has 1 amide bonds. The van der Waals surface area contributed by atoms with E-state index in [-0.39, 0.29) is 30.7 Å². The lowest BCUT2D eigenvalue weighted by Crippen LogP contribution is -2.38. The summed E-state index contributed by atoms with van der Waals surface area (Å²) in [6.07, 6.45) is 2.40. The summed E-state index contributed by atoms with van der Waals surface area (Å²) < 4.78 is 4.77. The minimum atomic E-state index is -0.762. The standard InChI is InChI=1S/C11H20N2O3.ClH/c1-4-6-8(10(14)13-3)7-9(12)11(15)16-5-2;/h4,8-9H,1,5-7,12H2,2-3H3,(H,13,14);1H/t8?,9-;/m0./s1. The first-order valence-electron chi connectivity index (χ1n) is 5.31. The van der Waals surface area contributed by atoms with Crippen LogP contribution >= 0.6 is 12.4 Å². The molecule has 0 bridgehead atoms. The molecule has 6 heteroatoms. The smallest absolute Gasteiger partial charge is 0.322 e. The van der Waals surface area contributed by atoms with E-state index in [0.29, 0.717) is 13.0 Å². The summed E-state index contributed by atoms with van der Waals surface area (Å²) in [6.45, 7) is 5.57. The van der Waals surface area contributed by atoms with E-state index in [9.17, 15) is 9.59 Å². The van der Waals surface area contributed by atoms with Crippen molar-refractivity contribution in [3.8, 4) is 0 Å². The van der Waals surface area contributed by atoms with E-state index in [0.717, 1.165) is 0 Å². The second-order valence-corrected chi connectivity index (χ2v) is 3.43. The molecule has 0 aliphatic heterocycles. The Labute approximate surface area is 108 Å². The maximum atomic E-state index is 11.5. The van der Waals surface area contributed by atoms with Crippen LogP contribution in [0, 0.1) is 5.92 Å². The number of nitrogens with one attached hydrogen (secondary N) is 1. The minimum absolute atomic E-state index is 0. The van der Waals surface area contributed by atoms with Gasteiger partial charge in [0.1, 0.15) is 6.04 Å². The van der Waals surface area contributed by atoms with Crippen molar-refractivity contribution in [3.63, 3.8) is 0 Å². The number of amides is 1.